The summed E-state index contributed by atoms with van der Waals surface area (Å²) >= 11 is 1.38. The second-order valence-electron chi connectivity index (χ2n) is 7.95. The maximum absolute atomic E-state index is 11.8. The van der Waals surface area contributed by atoms with Crippen LogP contribution in [0.2, 0.25) is 0 Å². The van der Waals surface area contributed by atoms with Crippen molar-refractivity contribution < 1.29 is 0 Å². The quantitative estimate of drug-likeness (QED) is 0.772. The van der Waals surface area contributed by atoms with Gasteiger partial charge >= 0.3 is 0 Å². The van der Waals surface area contributed by atoms with E-state index < -0.39 is 0 Å². The molecule has 6 heteroatoms. The fraction of sp³-hybridized carbons (Fsp3) is 0.421. The van der Waals surface area contributed by atoms with Crippen molar-refractivity contribution in [1.82, 2.24) is 14.6 Å². The van der Waals surface area contributed by atoms with E-state index in [-0.39, 0.29) is 16.4 Å². The van der Waals surface area contributed by atoms with Gasteiger partial charge in [-0.05, 0) is 16.5 Å². The molecular weight excluding hydrogens is 332 g/mol. The molecule has 3 rings (SSSR count). The van der Waals surface area contributed by atoms with Gasteiger partial charge in [0.05, 0.1) is 0 Å². The first-order chi connectivity index (χ1) is 11.7. The molecule has 2 aromatic heterocycles. The molecule has 0 saturated heterocycles. The molecule has 132 valence electrons. The van der Waals surface area contributed by atoms with Gasteiger partial charge in [-0.1, -0.05) is 70.2 Å². The van der Waals surface area contributed by atoms with Gasteiger partial charge in [-0.15, -0.1) is 5.10 Å². The number of hydrogen-bond acceptors (Lipinski definition) is 5. The average Bonchev–Trinajstić information content (AvgIpc) is 2.97. The van der Waals surface area contributed by atoms with Crippen LogP contribution in [0.5, 0.6) is 0 Å². The van der Waals surface area contributed by atoms with Gasteiger partial charge in [0.1, 0.15) is 0 Å². The molecule has 25 heavy (non-hydrogen) atoms. The lowest BCUT2D eigenvalue weighted by Crippen LogP contribution is -2.28. The van der Waals surface area contributed by atoms with E-state index in [1.807, 2.05) is 0 Å². The number of hydrogen-bond donors (Lipinski definition) is 1. The summed E-state index contributed by atoms with van der Waals surface area (Å²) in [6.07, 6.45) is 1.51. The lowest BCUT2D eigenvalue weighted by molar-refractivity contribution is 0.552. The van der Waals surface area contributed by atoms with Crippen molar-refractivity contribution in [2.75, 3.05) is 11.9 Å². The Balaban J connectivity index is 1.76. The molecule has 0 fully saturated rings. The van der Waals surface area contributed by atoms with Crippen LogP contribution < -0.4 is 10.9 Å². The largest absolute Gasteiger partial charge is 0.359 e. The normalized spacial score (nSPS) is 12.5. The zero-order valence-corrected chi connectivity index (χ0v) is 16.1. The predicted molar refractivity (Wildman–Crippen MR) is 104 cm³/mol. The number of rotatable bonds is 4. The van der Waals surface area contributed by atoms with Gasteiger partial charge < -0.3 is 5.32 Å². The van der Waals surface area contributed by atoms with Crippen molar-refractivity contribution in [2.24, 2.45) is 0 Å². The van der Waals surface area contributed by atoms with Crippen molar-refractivity contribution in [1.29, 1.82) is 0 Å². The summed E-state index contributed by atoms with van der Waals surface area (Å²) in [5.74, 6) is 0. The highest BCUT2D eigenvalue weighted by molar-refractivity contribution is 7.20. The van der Waals surface area contributed by atoms with Crippen LogP contribution in [-0.2, 0) is 10.8 Å². The Kier molecular flexibility index (Phi) is 4.41. The van der Waals surface area contributed by atoms with Crippen molar-refractivity contribution in [3.05, 3.63) is 58.0 Å². The third-order valence-electron chi connectivity index (χ3n) is 4.38. The molecule has 0 aliphatic heterocycles. The number of nitrogens with one attached hydrogen (secondary N) is 1. The third kappa shape index (κ3) is 3.74. The molecule has 0 radical (unpaired) electrons. The van der Waals surface area contributed by atoms with E-state index in [0.717, 1.165) is 6.54 Å². The van der Waals surface area contributed by atoms with E-state index in [1.165, 1.54) is 39.2 Å². The first-order valence-corrected chi connectivity index (χ1v) is 9.18. The number of benzene rings is 1. The van der Waals surface area contributed by atoms with Gasteiger partial charge in [-0.3, -0.25) is 4.79 Å². The monoisotopic (exact) mass is 356 g/mol. The van der Waals surface area contributed by atoms with E-state index >= 15 is 0 Å². The van der Waals surface area contributed by atoms with E-state index in [0.29, 0.717) is 10.1 Å². The smallest absolute Gasteiger partial charge is 0.275 e. The average molecular weight is 356 g/mol. The van der Waals surface area contributed by atoms with Gasteiger partial charge in [-0.2, -0.15) is 4.52 Å². The Hall–Kier alpha value is -2.21. The highest BCUT2D eigenvalue weighted by Gasteiger charge is 2.22. The van der Waals surface area contributed by atoms with Crippen LogP contribution in [0.15, 0.2) is 41.3 Å². The van der Waals surface area contributed by atoms with Gasteiger partial charge in [-0.25, -0.2) is 4.98 Å². The van der Waals surface area contributed by atoms with Gasteiger partial charge in [0.15, 0.2) is 0 Å². The van der Waals surface area contributed by atoms with Crippen molar-refractivity contribution >= 4 is 21.4 Å². The maximum atomic E-state index is 11.8. The summed E-state index contributed by atoms with van der Waals surface area (Å²) in [5, 5.41) is 8.36. The van der Waals surface area contributed by atoms with Crippen LogP contribution in [-0.4, -0.2) is 21.1 Å². The van der Waals surface area contributed by atoms with Gasteiger partial charge in [0.2, 0.25) is 10.1 Å². The highest BCUT2D eigenvalue weighted by atomic mass is 32.1. The third-order valence-corrected chi connectivity index (χ3v) is 5.27. The Labute approximate surface area is 151 Å². The summed E-state index contributed by atoms with van der Waals surface area (Å²) in [5.41, 5.74) is 2.53. The number of aromatic nitrogens is 3. The molecule has 0 spiro atoms. The first-order valence-electron chi connectivity index (χ1n) is 8.37. The standard InChI is InChI=1S/C19H24N4OS/c1-18(2,3)13-6-8-14(9-7-13)19(4,5)12-21-16-22-23-15(24)10-11-20-17(23)25-16/h6-11H,12H2,1-5H3,(H,21,22). The van der Waals surface area contributed by atoms with Crippen LogP contribution in [0, 0.1) is 0 Å². The minimum Gasteiger partial charge on any atom is -0.359 e. The Morgan fingerprint density at radius 3 is 2.28 bits per heavy atom. The summed E-state index contributed by atoms with van der Waals surface area (Å²) in [4.78, 5) is 16.5. The summed E-state index contributed by atoms with van der Waals surface area (Å²) < 4.78 is 1.33. The molecule has 2 heterocycles. The van der Waals surface area contributed by atoms with E-state index in [1.54, 1.807) is 0 Å². The van der Waals surface area contributed by atoms with Crippen LogP contribution in [0.4, 0.5) is 5.13 Å². The Morgan fingerprint density at radius 1 is 1.04 bits per heavy atom. The predicted octanol–water partition coefficient (Wildman–Crippen LogP) is 3.84. The van der Waals surface area contributed by atoms with E-state index in [9.17, 15) is 4.79 Å². The highest BCUT2D eigenvalue weighted by Crippen LogP contribution is 2.28. The van der Waals surface area contributed by atoms with Crippen LogP contribution in [0.3, 0.4) is 0 Å². The molecule has 1 aromatic carbocycles. The van der Waals surface area contributed by atoms with Crippen molar-refractivity contribution in [3.8, 4) is 0 Å². The first kappa shape index (κ1) is 17.6. The maximum Gasteiger partial charge on any atom is 0.275 e. The molecular formula is C19H24N4OS. The van der Waals surface area contributed by atoms with Crippen LogP contribution >= 0.6 is 11.3 Å². The molecule has 3 aromatic rings. The van der Waals surface area contributed by atoms with Gasteiger partial charge in [0, 0.05) is 24.2 Å². The molecule has 1 N–H and O–H groups in total. The van der Waals surface area contributed by atoms with Gasteiger partial charge in [0.25, 0.3) is 5.56 Å². The molecule has 0 saturated carbocycles. The zero-order chi connectivity index (χ0) is 18.2. The number of fused-ring (bicyclic) bond motifs is 1. The molecule has 0 aliphatic carbocycles. The second-order valence-corrected chi connectivity index (χ2v) is 8.91. The minimum atomic E-state index is -0.161. The second kappa shape index (κ2) is 6.26. The minimum absolute atomic E-state index is 0.0628. The SMILES string of the molecule is CC(C)(C)c1ccc(C(C)(C)CNc2nn3c(=O)ccnc3s2)cc1. The molecule has 5 nitrogen and oxygen atoms in total. The van der Waals surface area contributed by atoms with Crippen molar-refractivity contribution in [2.45, 2.75) is 45.4 Å². The van der Waals surface area contributed by atoms with E-state index in [4.69, 9.17) is 0 Å². The number of nitrogens with zero attached hydrogens (tertiary/aromatic N) is 3. The fourth-order valence-corrected chi connectivity index (χ4v) is 3.41. The molecule has 0 unspecified atom stereocenters. The topological polar surface area (TPSA) is 59.3 Å². The fourth-order valence-electron chi connectivity index (χ4n) is 2.64. The summed E-state index contributed by atoms with van der Waals surface area (Å²) in [6.45, 7) is 11.8. The van der Waals surface area contributed by atoms with Crippen LogP contribution in [0.1, 0.15) is 45.7 Å². The zero-order valence-electron chi connectivity index (χ0n) is 15.3. The summed E-state index contributed by atoms with van der Waals surface area (Å²) in [6, 6.07) is 10.2. The molecule has 0 amide bonds. The molecule has 0 atom stereocenters. The number of anilines is 1. The van der Waals surface area contributed by atoms with Crippen molar-refractivity contribution in [3.63, 3.8) is 0 Å². The van der Waals surface area contributed by atoms with E-state index in [2.05, 4.69) is 74.3 Å². The Bertz CT molecular complexity index is 932. The molecule has 0 aliphatic rings. The van der Waals surface area contributed by atoms with Crippen LogP contribution in [0.25, 0.3) is 4.96 Å². The lowest BCUT2D eigenvalue weighted by atomic mass is 9.81. The summed E-state index contributed by atoms with van der Waals surface area (Å²) in [7, 11) is 0. The lowest BCUT2D eigenvalue weighted by Gasteiger charge is -2.27. The Morgan fingerprint density at radius 2 is 1.68 bits per heavy atom. The molecule has 0 bridgehead atoms.